The molecule has 3 heterocycles. The summed E-state index contributed by atoms with van der Waals surface area (Å²) in [5, 5.41) is 12.6. The third-order valence-corrected chi connectivity index (χ3v) is 5.65. The molecule has 0 radical (unpaired) electrons. The normalized spacial score (nSPS) is 20.6. The van der Waals surface area contributed by atoms with Crippen molar-refractivity contribution in [1.82, 2.24) is 30.0 Å². The fraction of sp³-hybridized carbons (Fsp3) is 0.667. The Morgan fingerprint density at radius 3 is 2.69 bits per heavy atom. The molecule has 2 aliphatic rings. The highest BCUT2D eigenvalue weighted by molar-refractivity contribution is 5.91. The van der Waals surface area contributed by atoms with E-state index in [1.54, 1.807) is 18.4 Å². The largest absolute Gasteiger partial charge is 0.459 e. The molecule has 2 aromatic rings. The van der Waals surface area contributed by atoms with Gasteiger partial charge in [-0.3, -0.25) is 9.69 Å². The highest BCUT2D eigenvalue weighted by Crippen LogP contribution is 2.32. The number of piperazine rings is 1. The number of furan rings is 1. The van der Waals surface area contributed by atoms with E-state index in [2.05, 4.69) is 32.0 Å². The van der Waals surface area contributed by atoms with Gasteiger partial charge >= 0.3 is 0 Å². The van der Waals surface area contributed by atoms with Crippen molar-refractivity contribution in [3.05, 3.63) is 30.0 Å². The van der Waals surface area contributed by atoms with E-state index in [0.29, 0.717) is 24.9 Å². The van der Waals surface area contributed by atoms with Gasteiger partial charge in [-0.05, 0) is 41.8 Å². The number of aromatic nitrogens is 4. The molecule has 0 unspecified atom stereocenters. The van der Waals surface area contributed by atoms with Gasteiger partial charge in [0.05, 0.1) is 18.3 Å². The van der Waals surface area contributed by atoms with E-state index in [4.69, 9.17) is 4.42 Å². The predicted molar refractivity (Wildman–Crippen MR) is 94.5 cm³/mol. The smallest absolute Gasteiger partial charge is 0.289 e. The van der Waals surface area contributed by atoms with Gasteiger partial charge in [0.1, 0.15) is 0 Å². The number of carbonyl (C=O) groups excluding carboxylic acids is 1. The van der Waals surface area contributed by atoms with Gasteiger partial charge in [-0.15, -0.1) is 5.10 Å². The summed E-state index contributed by atoms with van der Waals surface area (Å²) < 4.78 is 7.30. The van der Waals surface area contributed by atoms with Crippen molar-refractivity contribution in [3.8, 4) is 0 Å². The van der Waals surface area contributed by atoms with Gasteiger partial charge in [0, 0.05) is 26.2 Å². The number of hydrogen-bond donors (Lipinski definition) is 0. The number of amides is 1. The summed E-state index contributed by atoms with van der Waals surface area (Å²) in [6, 6.07) is 4.11. The second kappa shape index (κ2) is 7.57. The Morgan fingerprint density at radius 1 is 1.27 bits per heavy atom. The van der Waals surface area contributed by atoms with Crippen LogP contribution in [0.5, 0.6) is 0 Å². The molecule has 1 saturated carbocycles. The molecule has 140 valence electrons. The van der Waals surface area contributed by atoms with Crippen LogP contribution in [-0.2, 0) is 0 Å². The van der Waals surface area contributed by atoms with Crippen molar-refractivity contribution < 1.29 is 9.21 Å². The summed E-state index contributed by atoms with van der Waals surface area (Å²) in [6.07, 6.45) is 7.35. The van der Waals surface area contributed by atoms with Crippen LogP contribution >= 0.6 is 0 Å². The van der Waals surface area contributed by atoms with E-state index < -0.39 is 0 Å². The highest BCUT2D eigenvalue weighted by atomic mass is 16.3. The Hall–Kier alpha value is -2.22. The summed E-state index contributed by atoms with van der Waals surface area (Å²) >= 11 is 0. The molecule has 0 spiro atoms. The third kappa shape index (κ3) is 3.25. The minimum Gasteiger partial charge on any atom is -0.459 e. The van der Waals surface area contributed by atoms with Crippen LogP contribution in [0.1, 0.15) is 67.5 Å². The zero-order valence-electron chi connectivity index (χ0n) is 15.3. The molecule has 8 heteroatoms. The molecule has 2 aromatic heterocycles. The topological polar surface area (TPSA) is 80.3 Å². The molecule has 26 heavy (non-hydrogen) atoms. The van der Waals surface area contributed by atoms with Gasteiger partial charge in [0.15, 0.2) is 11.6 Å². The van der Waals surface area contributed by atoms with Crippen molar-refractivity contribution >= 4 is 5.91 Å². The lowest BCUT2D eigenvalue weighted by Gasteiger charge is -2.38. The molecular weight excluding hydrogens is 332 g/mol. The second-order valence-electron chi connectivity index (χ2n) is 7.15. The molecule has 0 bridgehead atoms. The zero-order chi connectivity index (χ0) is 17.9. The maximum absolute atomic E-state index is 12.4. The van der Waals surface area contributed by atoms with Crippen LogP contribution in [-0.4, -0.2) is 62.1 Å². The predicted octanol–water partition coefficient (Wildman–Crippen LogP) is 2.29. The lowest BCUT2D eigenvalue weighted by atomic mass is 10.1. The van der Waals surface area contributed by atoms with Gasteiger partial charge in [-0.2, -0.15) is 0 Å². The molecular formula is C18H26N6O2. The Morgan fingerprint density at radius 2 is 2.04 bits per heavy atom. The minimum absolute atomic E-state index is 0.0292. The number of nitrogens with zero attached hydrogens (tertiary/aromatic N) is 6. The first-order valence-electron chi connectivity index (χ1n) is 9.62. The number of carbonyl (C=O) groups is 1. The zero-order valence-corrected chi connectivity index (χ0v) is 15.3. The van der Waals surface area contributed by atoms with E-state index in [9.17, 15) is 4.79 Å². The van der Waals surface area contributed by atoms with E-state index in [0.717, 1.165) is 25.3 Å². The van der Waals surface area contributed by atoms with Crippen LogP contribution in [0.15, 0.2) is 22.8 Å². The highest BCUT2D eigenvalue weighted by Gasteiger charge is 2.32. The maximum Gasteiger partial charge on any atom is 0.289 e. The molecule has 2 fully saturated rings. The number of hydrogen-bond acceptors (Lipinski definition) is 6. The molecule has 4 rings (SSSR count). The maximum atomic E-state index is 12.4. The van der Waals surface area contributed by atoms with Crippen molar-refractivity contribution in [3.63, 3.8) is 0 Å². The van der Waals surface area contributed by atoms with Gasteiger partial charge in [0.2, 0.25) is 0 Å². The second-order valence-corrected chi connectivity index (χ2v) is 7.15. The lowest BCUT2D eigenvalue weighted by Crippen LogP contribution is -2.50. The Kier molecular flexibility index (Phi) is 5.01. The van der Waals surface area contributed by atoms with Crippen LogP contribution in [0.25, 0.3) is 0 Å². The van der Waals surface area contributed by atoms with Crippen LogP contribution < -0.4 is 0 Å². The Bertz CT molecular complexity index is 714. The van der Waals surface area contributed by atoms with Crippen LogP contribution in [0.2, 0.25) is 0 Å². The fourth-order valence-electron chi connectivity index (χ4n) is 4.23. The summed E-state index contributed by atoms with van der Waals surface area (Å²) in [6.45, 7) is 5.21. The van der Waals surface area contributed by atoms with Gasteiger partial charge < -0.3 is 9.32 Å². The molecule has 0 aromatic carbocycles. The van der Waals surface area contributed by atoms with Gasteiger partial charge in [0.25, 0.3) is 5.91 Å². The van der Waals surface area contributed by atoms with Gasteiger partial charge in [-0.25, -0.2) is 4.68 Å². The Labute approximate surface area is 153 Å². The quantitative estimate of drug-likeness (QED) is 0.816. The summed E-state index contributed by atoms with van der Waals surface area (Å²) in [5.41, 5.74) is 0. The monoisotopic (exact) mass is 358 g/mol. The van der Waals surface area contributed by atoms with Crippen molar-refractivity contribution in [1.29, 1.82) is 0 Å². The van der Waals surface area contributed by atoms with E-state index in [1.807, 2.05) is 4.90 Å². The van der Waals surface area contributed by atoms with Crippen molar-refractivity contribution in [2.45, 2.75) is 51.1 Å². The van der Waals surface area contributed by atoms with Crippen LogP contribution in [0.3, 0.4) is 0 Å². The first-order chi connectivity index (χ1) is 12.8. The summed E-state index contributed by atoms with van der Waals surface area (Å²) in [4.78, 5) is 16.7. The van der Waals surface area contributed by atoms with E-state index >= 15 is 0 Å². The van der Waals surface area contributed by atoms with E-state index in [1.165, 1.54) is 25.7 Å². The average Bonchev–Trinajstić information content (AvgIpc) is 3.43. The lowest BCUT2D eigenvalue weighted by molar-refractivity contribution is 0.0519. The Balaban J connectivity index is 1.43. The average molecular weight is 358 g/mol. The van der Waals surface area contributed by atoms with Crippen molar-refractivity contribution in [2.75, 3.05) is 26.2 Å². The van der Waals surface area contributed by atoms with Crippen LogP contribution in [0, 0.1) is 0 Å². The molecule has 1 saturated heterocycles. The minimum atomic E-state index is -0.0292. The molecule has 1 amide bonds. The van der Waals surface area contributed by atoms with Crippen molar-refractivity contribution in [2.24, 2.45) is 0 Å². The molecule has 1 atom stereocenters. The molecule has 1 aliphatic carbocycles. The molecule has 1 aliphatic heterocycles. The molecule has 8 nitrogen and oxygen atoms in total. The first-order valence-corrected chi connectivity index (χ1v) is 9.62. The SMILES string of the molecule is CC[C@@H](c1nnnn1C1CCCC1)N1CCN(C(=O)c2ccco2)CC1. The standard InChI is InChI=1S/C18H26N6O2/c1-2-15(17-19-20-21-24(17)14-6-3-4-7-14)22-9-11-23(12-10-22)18(25)16-8-5-13-26-16/h5,8,13-15H,2-4,6-7,9-12H2,1H3/t15-/m0/s1. The van der Waals surface area contributed by atoms with Crippen LogP contribution in [0.4, 0.5) is 0 Å². The number of rotatable bonds is 5. The summed E-state index contributed by atoms with van der Waals surface area (Å²) in [5.74, 6) is 1.36. The van der Waals surface area contributed by atoms with Gasteiger partial charge in [-0.1, -0.05) is 19.8 Å². The fourth-order valence-corrected chi connectivity index (χ4v) is 4.23. The van der Waals surface area contributed by atoms with E-state index in [-0.39, 0.29) is 11.9 Å². The summed E-state index contributed by atoms with van der Waals surface area (Å²) in [7, 11) is 0. The first kappa shape index (κ1) is 17.2. The third-order valence-electron chi connectivity index (χ3n) is 5.65. The number of tetrazole rings is 1. The molecule has 0 N–H and O–H groups in total.